The van der Waals surface area contributed by atoms with E-state index in [0.29, 0.717) is 0 Å². The molecule has 0 bridgehead atoms. The number of aryl methyl sites for hydroxylation is 2. The van der Waals surface area contributed by atoms with Gasteiger partial charge in [-0.25, -0.2) is 0 Å². The first kappa shape index (κ1) is 14.3. The fraction of sp³-hybridized carbons (Fsp3) is 0.533. The van der Waals surface area contributed by atoms with Crippen molar-refractivity contribution in [2.45, 2.75) is 52.7 Å². The summed E-state index contributed by atoms with van der Waals surface area (Å²) in [5.41, 5.74) is 2.70. The zero-order valence-corrected chi connectivity index (χ0v) is 12.7. The first-order valence-corrected chi connectivity index (χ1v) is 6.68. The predicted molar refractivity (Wildman–Crippen MR) is 78.8 cm³/mol. The zero-order valence-electron chi connectivity index (χ0n) is 12.7. The molecule has 0 aromatic carbocycles. The van der Waals surface area contributed by atoms with E-state index in [1.165, 1.54) is 5.56 Å². The first-order chi connectivity index (χ1) is 8.71. The Labute approximate surface area is 116 Å². The topological polar surface area (TPSA) is 31.4 Å². The number of pyridine rings is 1. The van der Waals surface area contributed by atoms with Gasteiger partial charge in [0.25, 0.3) is 0 Å². The van der Waals surface area contributed by atoms with E-state index in [1.54, 1.807) is 0 Å². The summed E-state index contributed by atoms with van der Waals surface area (Å²) in [5, 5.41) is 0. The van der Waals surface area contributed by atoms with Crippen LogP contribution in [0.4, 0.5) is 0 Å². The number of hydrogen-bond donors (Lipinski definition) is 0. The zero-order chi connectivity index (χ0) is 14.3. The van der Waals surface area contributed by atoms with Crippen molar-refractivity contribution in [1.82, 2.24) is 4.98 Å². The minimum Gasteiger partial charge on any atom is -0.400 e. The summed E-state index contributed by atoms with van der Waals surface area (Å²) >= 11 is 0. The Morgan fingerprint density at radius 1 is 1.11 bits per heavy atom. The Hall–Kier alpha value is -1.13. The van der Waals surface area contributed by atoms with E-state index in [-0.39, 0.29) is 18.3 Å². The van der Waals surface area contributed by atoms with E-state index in [0.717, 1.165) is 11.3 Å². The van der Waals surface area contributed by atoms with Gasteiger partial charge in [-0.3, -0.25) is 4.98 Å². The minimum atomic E-state index is -0.312. The summed E-state index contributed by atoms with van der Waals surface area (Å²) < 4.78 is 11.8. The molecule has 19 heavy (non-hydrogen) atoms. The molecule has 1 aromatic heterocycles. The fourth-order valence-electron chi connectivity index (χ4n) is 2.04. The third-order valence-electron chi connectivity index (χ3n) is 3.94. The molecule has 2 heterocycles. The van der Waals surface area contributed by atoms with Crippen LogP contribution in [0.2, 0.25) is 0 Å². The Bertz CT molecular complexity index is 493. The fourth-order valence-corrected chi connectivity index (χ4v) is 2.04. The highest BCUT2D eigenvalue weighted by Gasteiger charge is 2.49. The van der Waals surface area contributed by atoms with Gasteiger partial charge in [0.2, 0.25) is 0 Å². The molecule has 4 heteroatoms. The highest BCUT2D eigenvalue weighted by molar-refractivity contribution is 6.52. The summed E-state index contributed by atoms with van der Waals surface area (Å²) in [4.78, 5) is 4.41. The van der Waals surface area contributed by atoms with Crippen molar-refractivity contribution in [3.8, 4) is 0 Å². The predicted octanol–water partition coefficient (Wildman–Crippen LogP) is 3.34. The van der Waals surface area contributed by atoms with Crippen molar-refractivity contribution in [3.05, 3.63) is 35.1 Å². The van der Waals surface area contributed by atoms with Crippen molar-refractivity contribution < 1.29 is 9.31 Å². The Morgan fingerprint density at radius 3 is 2.21 bits per heavy atom. The van der Waals surface area contributed by atoms with Crippen LogP contribution in [-0.2, 0) is 9.31 Å². The van der Waals surface area contributed by atoms with Crippen molar-refractivity contribution in [2.75, 3.05) is 0 Å². The quantitative estimate of drug-likeness (QED) is 0.763. The average molecular weight is 259 g/mol. The number of nitrogens with zero attached hydrogens (tertiary/aromatic N) is 1. The largest absolute Gasteiger partial charge is 0.487 e. The van der Waals surface area contributed by atoms with E-state index in [9.17, 15) is 0 Å². The molecule has 0 radical (unpaired) electrons. The van der Waals surface area contributed by atoms with Gasteiger partial charge in [0.05, 0.1) is 16.9 Å². The molecule has 3 nitrogen and oxygen atoms in total. The molecule has 0 N–H and O–H groups in total. The van der Waals surface area contributed by atoms with Gasteiger partial charge >= 0.3 is 7.12 Å². The van der Waals surface area contributed by atoms with Gasteiger partial charge < -0.3 is 9.31 Å². The SMILES string of the molecule is Cc1cnc(/C=C/B2OC(C)(C)C(C)(C)O2)c(C)c1. The summed E-state index contributed by atoms with van der Waals surface area (Å²) in [6.07, 6.45) is 3.84. The van der Waals surface area contributed by atoms with Gasteiger partial charge in [-0.2, -0.15) is 0 Å². The smallest absolute Gasteiger partial charge is 0.400 e. The van der Waals surface area contributed by atoms with Crippen LogP contribution in [-0.4, -0.2) is 23.3 Å². The van der Waals surface area contributed by atoms with E-state index < -0.39 is 0 Å². The molecule has 0 unspecified atom stereocenters. The summed E-state index contributed by atoms with van der Waals surface area (Å²) in [5.74, 6) is 1.93. The molecule has 1 saturated heterocycles. The lowest BCUT2D eigenvalue weighted by Gasteiger charge is -2.32. The monoisotopic (exact) mass is 259 g/mol. The molecule has 0 amide bonds. The lowest BCUT2D eigenvalue weighted by Crippen LogP contribution is -2.41. The number of hydrogen-bond acceptors (Lipinski definition) is 3. The highest BCUT2D eigenvalue weighted by Crippen LogP contribution is 2.37. The van der Waals surface area contributed by atoms with Crippen molar-refractivity contribution in [1.29, 1.82) is 0 Å². The molecule has 1 fully saturated rings. The van der Waals surface area contributed by atoms with Gasteiger partial charge in [-0.15, -0.1) is 0 Å². The third-order valence-corrected chi connectivity index (χ3v) is 3.94. The lowest BCUT2D eigenvalue weighted by molar-refractivity contribution is 0.00578. The van der Waals surface area contributed by atoms with Gasteiger partial charge in [0.1, 0.15) is 0 Å². The van der Waals surface area contributed by atoms with Crippen LogP contribution in [0.25, 0.3) is 6.08 Å². The first-order valence-electron chi connectivity index (χ1n) is 6.68. The van der Waals surface area contributed by atoms with Gasteiger partial charge in [0, 0.05) is 6.20 Å². The molecule has 0 spiro atoms. The van der Waals surface area contributed by atoms with Crippen LogP contribution in [0.5, 0.6) is 0 Å². The molecule has 102 valence electrons. The maximum absolute atomic E-state index is 5.91. The second-order valence-electron chi connectivity index (χ2n) is 6.20. The molecule has 0 atom stereocenters. The van der Waals surface area contributed by atoms with E-state index in [1.807, 2.05) is 25.2 Å². The van der Waals surface area contributed by atoms with Crippen LogP contribution in [0.15, 0.2) is 18.2 Å². The maximum atomic E-state index is 5.91. The van der Waals surface area contributed by atoms with Gasteiger partial charge in [-0.05, 0) is 58.7 Å². The van der Waals surface area contributed by atoms with Gasteiger partial charge in [0.15, 0.2) is 0 Å². The molecule has 0 aliphatic carbocycles. The molecule has 0 saturated carbocycles. The summed E-state index contributed by atoms with van der Waals surface area (Å²) in [6, 6.07) is 2.12. The second kappa shape index (κ2) is 4.76. The molecule has 2 rings (SSSR count). The van der Waals surface area contributed by atoms with Crippen molar-refractivity contribution >= 4 is 13.2 Å². The molecule has 1 aliphatic heterocycles. The molecule has 1 aromatic rings. The van der Waals surface area contributed by atoms with Crippen LogP contribution < -0.4 is 0 Å². The highest BCUT2D eigenvalue weighted by atomic mass is 16.7. The Kier molecular flexibility index (Phi) is 3.58. The normalized spacial score (nSPS) is 21.3. The second-order valence-corrected chi connectivity index (χ2v) is 6.20. The van der Waals surface area contributed by atoms with Crippen LogP contribution in [0.3, 0.4) is 0 Å². The van der Waals surface area contributed by atoms with Crippen LogP contribution >= 0.6 is 0 Å². The molecular weight excluding hydrogens is 237 g/mol. The Morgan fingerprint density at radius 2 is 1.68 bits per heavy atom. The standard InChI is InChI=1S/C15H22BNO2/c1-11-9-12(2)13(17-10-11)7-8-16-18-14(3,4)15(5,6)19-16/h7-10H,1-6H3/b8-7+. The Balaban J connectivity index is 2.13. The van der Waals surface area contributed by atoms with Gasteiger partial charge in [-0.1, -0.05) is 12.0 Å². The minimum absolute atomic E-state index is 0.294. The lowest BCUT2D eigenvalue weighted by atomic mass is 9.89. The average Bonchev–Trinajstić information content (AvgIpc) is 2.46. The molecular formula is C15H22BNO2. The summed E-state index contributed by atoms with van der Waals surface area (Å²) in [6.45, 7) is 12.3. The molecule has 1 aliphatic rings. The van der Waals surface area contributed by atoms with Crippen molar-refractivity contribution in [2.24, 2.45) is 0 Å². The number of rotatable bonds is 2. The number of aromatic nitrogens is 1. The van der Waals surface area contributed by atoms with E-state index in [4.69, 9.17) is 9.31 Å². The summed E-state index contributed by atoms with van der Waals surface area (Å²) in [7, 11) is -0.312. The third kappa shape index (κ3) is 2.90. The van der Waals surface area contributed by atoms with Crippen LogP contribution in [0.1, 0.15) is 44.5 Å². The van der Waals surface area contributed by atoms with Crippen molar-refractivity contribution in [3.63, 3.8) is 0 Å². The van der Waals surface area contributed by atoms with Crippen LogP contribution in [0, 0.1) is 13.8 Å². The maximum Gasteiger partial charge on any atom is 0.487 e. The van der Waals surface area contributed by atoms with E-state index >= 15 is 0 Å². The van der Waals surface area contributed by atoms with E-state index in [2.05, 4.69) is 45.7 Å².